The van der Waals surface area contributed by atoms with E-state index in [1.165, 1.54) is 29.5 Å². The van der Waals surface area contributed by atoms with Gasteiger partial charge >= 0.3 is 0 Å². The second kappa shape index (κ2) is 9.26. The number of aromatic nitrogens is 4. The number of benzene rings is 2. The van der Waals surface area contributed by atoms with Gasteiger partial charge in [-0.3, -0.25) is 10.1 Å². The van der Waals surface area contributed by atoms with Crippen LogP contribution in [0.1, 0.15) is 10.7 Å². The summed E-state index contributed by atoms with van der Waals surface area (Å²) in [4.78, 5) is 30.2. The molecule has 2 heterocycles. The van der Waals surface area contributed by atoms with Crippen LogP contribution < -0.4 is 16.0 Å². The summed E-state index contributed by atoms with van der Waals surface area (Å²) in [6.07, 6.45) is 1.72. The summed E-state index contributed by atoms with van der Waals surface area (Å²) in [7, 11) is 0. The molecule has 0 unspecified atom stereocenters. The third-order valence-electron chi connectivity index (χ3n) is 3.99. The number of amides is 1. The summed E-state index contributed by atoms with van der Waals surface area (Å²) < 4.78 is 13.2. The molecule has 2 aromatic carbocycles. The number of anilines is 5. The molecular formula is C21H18FN7OS. The highest BCUT2D eigenvalue weighted by Gasteiger charge is 2.11. The van der Waals surface area contributed by atoms with Crippen LogP contribution in [0.5, 0.6) is 0 Å². The van der Waals surface area contributed by atoms with Crippen LogP contribution in [0.15, 0.2) is 60.8 Å². The van der Waals surface area contributed by atoms with Crippen LogP contribution in [0.25, 0.3) is 0 Å². The van der Waals surface area contributed by atoms with E-state index < -0.39 is 5.82 Å². The Labute approximate surface area is 181 Å². The zero-order chi connectivity index (χ0) is 21.6. The van der Waals surface area contributed by atoms with E-state index in [1.807, 2.05) is 30.3 Å². The fourth-order valence-electron chi connectivity index (χ4n) is 2.72. The zero-order valence-electron chi connectivity index (χ0n) is 16.5. The highest BCUT2D eigenvalue weighted by molar-refractivity contribution is 7.15. The summed E-state index contributed by atoms with van der Waals surface area (Å²) in [5, 5.41) is 9.39. The maximum atomic E-state index is 13.2. The molecule has 0 atom stereocenters. The Balaban J connectivity index is 1.40. The Morgan fingerprint density at radius 1 is 0.968 bits per heavy atom. The Kier molecular flexibility index (Phi) is 6.08. The van der Waals surface area contributed by atoms with Crippen LogP contribution in [-0.2, 0) is 11.2 Å². The van der Waals surface area contributed by atoms with Gasteiger partial charge in [0.15, 0.2) is 5.13 Å². The minimum atomic E-state index is -0.407. The summed E-state index contributed by atoms with van der Waals surface area (Å²) in [5.74, 6) is 0.632. The molecule has 4 aromatic rings. The van der Waals surface area contributed by atoms with Crippen molar-refractivity contribution in [2.45, 2.75) is 13.3 Å². The molecule has 10 heteroatoms. The second-order valence-corrected chi connectivity index (χ2v) is 7.63. The summed E-state index contributed by atoms with van der Waals surface area (Å²) in [6, 6.07) is 15.3. The predicted molar refractivity (Wildman–Crippen MR) is 118 cm³/mol. The first-order valence-corrected chi connectivity index (χ1v) is 10.2. The van der Waals surface area contributed by atoms with Gasteiger partial charge in [-0.15, -0.1) is 11.3 Å². The molecule has 0 aliphatic carbocycles. The third kappa shape index (κ3) is 5.80. The predicted octanol–water partition coefficient (Wildman–Crippen LogP) is 4.44. The number of hydrogen-bond donors (Lipinski definition) is 3. The number of carbonyl (C=O) groups is 1. The number of aryl methyl sites for hydroxylation is 1. The van der Waals surface area contributed by atoms with Crippen LogP contribution in [0.3, 0.4) is 0 Å². The molecule has 0 radical (unpaired) electrons. The lowest BCUT2D eigenvalue weighted by Crippen LogP contribution is -2.13. The summed E-state index contributed by atoms with van der Waals surface area (Å²) in [5.41, 5.74) is 1.27. The highest BCUT2D eigenvalue weighted by Crippen LogP contribution is 2.23. The molecule has 0 aliphatic rings. The molecule has 0 spiro atoms. The fourth-order valence-corrected chi connectivity index (χ4v) is 3.52. The van der Waals surface area contributed by atoms with Gasteiger partial charge in [0.1, 0.15) is 11.6 Å². The van der Waals surface area contributed by atoms with Crippen LogP contribution in [0, 0.1) is 12.7 Å². The quantitative estimate of drug-likeness (QED) is 0.394. The van der Waals surface area contributed by atoms with Gasteiger partial charge < -0.3 is 10.6 Å². The molecule has 1 amide bonds. The molecule has 3 N–H and O–H groups in total. The van der Waals surface area contributed by atoms with Crippen molar-refractivity contribution < 1.29 is 9.18 Å². The van der Waals surface area contributed by atoms with Crippen LogP contribution >= 0.6 is 11.3 Å². The largest absolute Gasteiger partial charge is 0.326 e. The van der Waals surface area contributed by atoms with Gasteiger partial charge in [-0.25, -0.2) is 9.37 Å². The number of nitrogens with one attached hydrogen (secondary N) is 3. The van der Waals surface area contributed by atoms with E-state index in [1.54, 1.807) is 19.2 Å². The molecule has 0 fully saturated rings. The van der Waals surface area contributed by atoms with Crippen molar-refractivity contribution in [3.05, 3.63) is 77.3 Å². The van der Waals surface area contributed by atoms with Crippen LogP contribution in [0.4, 0.5) is 32.8 Å². The molecule has 0 bridgehead atoms. The average Bonchev–Trinajstić information content (AvgIpc) is 3.14. The first-order valence-electron chi connectivity index (χ1n) is 9.35. The van der Waals surface area contributed by atoms with E-state index in [4.69, 9.17) is 0 Å². The molecule has 0 saturated carbocycles. The Morgan fingerprint density at radius 2 is 1.71 bits per heavy atom. The third-order valence-corrected chi connectivity index (χ3v) is 4.91. The molecule has 0 saturated heterocycles. The maximum absolute atomic E-state index is 13.2. The number of hydrogen-bond acceptors (Lipinski definition) is 8. The molecule has 4 rings (SSSR count). The minimum absolute atomic E-state index is 0.118. The van der Waals surface area contributed by atoms with Gasteiger partial charge in [-0.05, 0) is 37.3 Å². The van der Waals surface area contributed by atoms with Crippen molar-refractivity contribution in [1.29, 1.82) is 0 Å². The van der Waals surface area contributed by atoms with Gasteiger partial charge in [0.2, 0.25) is 17.8 Å². The van der Waals surface area contributed by atoms with Gasteiger partial charge in [0, 0.05) is 22.4 Å². The van der Waals surface area contributed by atoms with E-state index in [9.17, 15) is 9.18 Å². The molecule has 31 heavy (non-hydrogen) atoms. The molecule has 2 aromatic heterocycles. The van der Waals surface area contributed by atoms with Crippen molar-refractivity contribution in [2.75, 3.05) is 16.0 Å². The van der Waals surface area contributed by atoms with Crippen molar-refractivity contribution in [2.24, 2.45) is 0 Å². The normalized spacial score (nSPS) is 10.5. The lowest BCUT2D eigenvalue weighted by Gasteiger charge is -2.07. The SMILES string of the molecule is Cc1nc(Nc2ccccc2)nc(Nc2ncc(CC(=O)Nc3cccc(F)c3)s2)n1. The van der Waals surface area contributed by atoms with Gasteiger partial charge in [0.05, 0.1) is 6.42 Å². The van der Waals surface area contributed by atoms with Crippen LogP contribution in [-0.4, -0.2) is 25.8 Å². The van der Waals surface area contributed by atoms with Crippen molar-refractivity contribution >= 4 is 45.6 Å². The summed E-state index contributed by atoms with van der Waals surface area (Å²) >= 11 is 1.31. The fraction of sp³-hybridized carbons (Fsp3) is 0.0952. The van der Waals surface area contributed by atoms with Gasteiger partial charge in [-0.1, -0.05) is 24.3 Å². The Bertz CT molecular complexity index is 1200. The number of thiazole rings is 1. The number of rotatable bonds is 7. The number of carbonyl (C=O) groups excluding carboxylic acids is 1. The second-order valence-electron chi connectivity index (χ2n) is 6.51. The smallest absolute Gasteiger partial charge is 0.234 e. The first-order chi connectivity index (χ1) is 15.0. The number of nitrogens with zero attached hydrogens (tertiary/aromatic N) is 4. The topological polar surface area (TPSA) is 105 Å². The molecule has 156 valence electrons. The van der Waals surface area contributed by atoms with Crippen molar-refractivity contribution in [1.82, 2.24) is 19.9 Å². The zero-order valence-corrected chi connectivity index (χ0v) is 17.3. The molecule has 8 nitrogen and oxygen atoms in total. The average molecular weight is 435 g/mol. The Morgan fingerprint density at radius 3 is 2.48 bits per heavy atom. The van der Waals surface area contributed by atoms with Crippen molar-refractivity contribution in [3.63, 3.8) is 0 Å². The standard InChI is InChI=1S/C21H18FN7OS/c1-13-24-19(27-15-7-3-2-4-8-15)28-20(25-13)29-21-23-12-17(31-21)11-18(30)26-16-9-5-6-14(22)10-16/h2-10,12H,11H2,1H3,(H,26,30)(H2,23,24,25,27,28,29). The summed E-state index contributed by atoms with van der Waals surface area (Å²) in [6.45, 7) is 1.77. The number of halogens is 1. The van der Waals surface area contributed by atoms with E-state index in [0.29, 0.717) is 28.5 Å². The van der Waals surface area contributed by atoms with E-state index >= 15 is 0 Å². The lowest BCUT2D eigenvalue weighted by atomic mass is 10.3. The van der Waals surface area contributed by atoms with E-state index in [2.05, 4.69) is 35.9 Å². The molecule has 0 aliphatic heterocycles. The van der Waals surface area contributed by atoms with Gasteiger partial charge in [-0.2, -0.15) is 15.0 Å². The Hall–Kier alpha value is -3.92. The lowest BCUT2D eigenvalue weighted by molar-refractivity contribution is -0.115. The number of para-hydroxylation sites is 1. The maximum Gasteiger partial charge on any atom is 0.234 e. The van der Waals surface area contributed by atoms with E-state index in [0.717, 1.165) is 10.6 Å². The van der Waals surface area contributed by atoms with Crippen molar-refractivity contribution in [3.8, 4) is 0 Å². The van der Waals surface area contributed by atoms with Gasteiger partial charge in [0.25, 0.3) is 0 Å². The molecular weight excluding hydrogens is 417 g/mol. The minimum Gasteiger partial charge on any atom is -0.326 e. The highest BCUT2D eigenvalue weighted by atomic mass is 32.1. The van der Waals surface area contributed by atoms with Crippen LogP contribution in [0.2, 0.25) is 0 Å². The van der Waals surface area contributed by atoms with E-state index in [-0.39, 0.29) is 12.3 Å². The first kappa shape index (κ1) is 20.4. The monoisotopic (exact) mass is 435 g/mol.